The third-order valence-electron chi connectivity index (χ3n) is 3.65. The predicted octanol–water partition coefficient (Wildman–Crippen LogP) is -0.0165. The summed E-state index contributed by atoms with van der Waals surface area (Å²) in [5, 5.41) is 10.5. The molecule has 0 aromatic rings. The van der Waals surface area contributed by atoms with E-state index in [0.29, 0.717) is 45.6 Å². The molecular formula is C14H25N3O4. The Morgan fingerprint density at radius 1 is 1.29 bits per heavy atom. The van der Waals surface area contributed by atoms with Gasteiger partial charge in [0, 0.05) is 58.5 Å². The van der Waals surface area contributed by atoms with Crippen LogP contribution in [0.4, 0.5) is 0 Å². The summed E-state index contributed by atoms with van der Waals surface area (Å²) < 4.78 is 0. The summed E-state index contributed by atoms with van der Waals surface area (Å²) >= 11 is 0. The van der Waals surface area contributed by atoms with Crippen molar-refractivity contribution in [3.63, 3.8) is 0 Å². The zero-order valence-electron chi connectivity index (χ0n) is 12.8. The van der Waals surface area contributed by atoms with Crippen LogP contribution in [0.3, 0.4) is 0 Å². The molecule has 0 bridgehead atoms. The van der Waals surface area contributed by atoms with Crippen molar-refractivity contribution in [3.05, 3.63) is 0 Å². The third-order valence-corrected chi connectivity index (χ3v) is 3.65. The fourth-order valence-corrected chi connectivity index (χ4v) is 2.17. The molecule has 1 fully saturated rings. The maximum absolute atomic E-state index is 12.0. The standard InChI is InChI=1S/C14H25N3O4/c1-12(11-18)10-14(20)15(2)5-3-4-13(19)16-6-8-17(21)9-7-16/h11-12,21H,3-10H2,1-2H3. The van der Waals surface area contributed by atoms with Gasteiger partial charge in [-0.2, -0.15) is 5.06 Å². The molecule has 1 saturated heterocycles. The number of amides is 2. The first kappa shape index (κ1) is 17.6. The highest BCUT2D eigenvalue weighted by molar-refractivity contribution is 5.79. The van der Waals surface area contributed by atoms with Crippen LogP contribution in [0.1, 0.15) is 26.2 Å². The van der Waals surface area contributed by atoms with Crippen LogP contribution < -0.4 is 0 Å². The van der Waals surface area contributed by atoms with E-state index in [1.807, 2.05) is 0 Å². The molecule has 7 nitrogen and oxygen atoms in total. The topological polar surface area (TPSA) is 81.2 Å². The third kappa shape index (κ3) is 6.22. The van der Waals surface area contributed by atoms with Crippen LogP contribution in [0, 0.1) is 5.92 Å². The zero-order valence-corrected chi connectivity index (χ0v) is 12.8. The number of aldehydes is 1. The molecule has 21 heavy (non-hydrogen) atoms. The van der Waals surface area contributed by atoms with Crippen molar-refractivity contribution in [3.8, 4) is 0 Å². The number of hydroxylamine groups is 2. The Labute approximate surface area is 125 Å². The van der Waals surface area contributed by atoms with E-state index in [-0.39, 0.29) is 24.2 Å². The largest absolute Gasteiger partial charge is 0.346 e. The van der Waals surface area contributed by atoms with Crippen molar-refractivity contribution in [2.45, 2.75) is 26.2 Å². The molecule has 1 aliphatic rings. The van der Waals surface area contributed by atoms with Gasteiger partial charge in [0.05, 0.1) is 0 Å². The molecule has 0 aromatic heterocycles. The van der Waals surface area contributed by atoms with Crippen molar-refractivity contribution >= 4 is 18.1 Å². The summed E-state index contributed by atoms with van der Waals surface area (Å²) in [6.07, 6.45) is 1.99. The summed E-state index contributed by atoms with van der Waals surface area (Å²) in [6.45, 7) is 4.27. The van der Waals surface area contributed by atoms with Crippen molar-refractivity contribution < 1.29 is 19.6 Å². The van der Waals surface area contributed by atoms with Crippen LogP contribution in [0.5, 0.6) is 0 Å². The number of hydrogen-bond donors (Lipinski definition) is 1. The van der Waals surface area contributed by atoms with Crippen LogP contribution in [-0.4, -0.2) is 77.9 Å². The predicted molar refractivity (Wildman–Crippen MR) is 76.7 cm³/mol. The number of piperazine rings is 1. The minimum absolute atomic E-state index is 0.0604. The lowest BCUT2D eigenvalue weighted by Gasteiger charge is -2.31. The second-order valence-electron chi connectivity index (χ2n) is 5.57. The number of carbonyl (C=O) groups is 3. The van der Waals surface area contributed by atoms with E-state index in [1.54, 1.807) is 23.8 Å². The Kier molecular flexibility index (Phi) is 7.31. The first-order valence-corrected chi connectivity index (χ1v) is 7.35. The van der Waals surface area contributed by atoms with Gasteiger partial charge in [0.1, 0.15) is 6.29 Å². The van der Waals surface area contributed by atoms with E-state index < -0.39 is 0 Å². The zero-order chi connectivity index (χ0) is 15.8. The summed E-state index contributed by atoms with van der Waals surface area (Å²) in [6, 6.07) is 0. The van der Waals surface area contributed by atoms with E-state index >= 15 is 0 Å². The highest BCUT2D eigenvalue weighted by atomic mass is 16.5. The molecule has 1 unspecified atom stereocenters. The molecule has 1 rings (SSSR count). The highest BCUT2D eigenvalue weighted by Gasteiger charge is 2.20. The van der Waals surface area contributed by atoms with Crippen molar-refractivity contribution in [2.75, 3.05) is 39.8 Å². The Balaban J connectivity index is 2.21. The number of nitrogens with zero attached hydrogens (tertiary/aromatic N) is 3. The normalized spacial score (nSPS) is 17.4. The van der Waals surface area contributed by atoms with Gasteiger partial charge < -0.3 is 19.8 Å². The Morgan fingerprint density at radius 2 is 1.90 bits per heavy atom. The van der Waals surface area contributed by atoms with Gasteiger partial charge in [0.25, 0.3) is 0 Å². The van der Waals surface area contributed by atoms with Crippen LogP contribution >= 0.6 is 0 Å². The number of rotatable bonds is 7. The Bertz CT molecular complexity index is 367. The summed E-state index contributed by atoms with van der Waals surface area (Å²) in [7, 11) is 1.69. The molecule has 1 N–H and O–H groups in total. The van der Waals surface area contributed by atoms with Gasteiger partial charge in [-0.1, -0.05) is 6.92 Å². The first-order valence-electron chi connectivity index (χ1n) is 7.35. The van der Waals surface area contributed by atoms with Crippen LogP contribution in [0.2, 0.25) is 0 Å². The molecule has 0 radical (unpaired) electrons. The lowest BCUT2D eigenvalue weighted by atomic mass is 10.1. The maximum atomic E-state index is 12.0. The van der Waals surface area contributed by atoms with E-state index in [0.717, 1.165) is 6.29 Å². The minimum atomic E-state index is -0.267. The van der Waals surface area contributed by atoms with E-state index in [9.17, 15) is 19.6 Å². The van der Waals surface area contributed by atoms with E-state index in [4.69, 9.17) is 0 Å². The molecule has 0 saturated carbocycles. The molecule has 0 aromatic carbocycles. The summed E-state index contributed by atoms with van der Waals surface area (Å²) in [4.78, 5) is 37.6. The summed E-state index contributed by atoms with van der Waals surface area (Å²) in [5.74, 6) is -0.280. The molecule has 7 heteroatoms. The molecule has 0 spiro atoms. The van der Waals surface area contributed by atoms with Crippen molar-refractivity contribution in [1.82, 2.24) is 14.9 Å². The molecule has 1 atom stereocenters. The maximum Gasteiger partial charge on any atom is 0.223 e. The Morgan fingerprint density at radius 3 is 2.48 bits per heavy atom. The smallest absolute Gasteiger partial charge is 0.223 e. The van der Waals surface area contributed by atoms with Crippen LogP contribution in [0.25, 0.3) is 0 Å². The average Bonchev–Trinajstić information content (AvgIpc) is 2.47. The first-order chi connectivity index (χ1) is 9.93. The molecule has 120 valence electrons. The quantitative estimate of drug-likeness (QED) is 0.668. The lowest BCUT2D eigenvalue weighted by molar-refractivity contribution is -0.146. The highest BCUT2D eigenvalue weighted by Crippen LogP contribution is 2.06. The van der Waals surface area contributed by atoms with Crippen molar-refractivity contribution in [2.24, 2.45) is 5.92 Å². The van der Waals surface area contributed by atoms with Crippen LogP contribution in [-0.2, 0) is 14.4 Å². The molecule has 1 aliphatic heterocycles. The van der Waals surface area contributed by atoms with E-state index in [1.165, 1.54) is 5.06 Å². The van der Waals surface area contributed by atoms with Gasteiger partial charge >= 0.3 is 0 Å². The molecular weight excluding hydrogens is 274 g/mol. The monoisotopic (exact) mass is 299 g/mol. The summed E-state index contributed by atoms with van der Waals surface area (Å²) in [5.41, 5.74) is 0. The average molecular weight is 299 g/mol. The molecule has 1 heterocycles. The number of carbonyl (C=O) groups excluding carboxylic acids is 3. The van der Waals surface area contributed by atoms with Gasteiger partial charge in [0.2, 0.25) is 11.8 Å². The van der Waals surface area contributed by atoms with Gasteiger partial charge in [-0.15, -0.1) is 0 Å². The fourth-order valence-electron chi connectivity index (χ4n) is 2.17. The Hall–Kier alpha value is -1.47. The van der Waals surface area contributed by atoms with Gasteiger partial charge in [-0.3, -0.25) is 9.59 Å². The van der Waals surface area contributed by atoms with Gasteiger partial charge in [-0.05, 0) is 6.42 Å². The van der Waals surface area contributed by atoms with E-state index in [2.05, 4.69) is 0 Å². The van der Waals surface area contributed by atoms with Gasteiger partial charge in [0.15, 0.2) is 0 Å². The molecule has 0 aliphatic carbocycles. The van der Waals surface area contributed by atoms with Crippen LogP contribution in [0.15, 0.2) is 0 Å². The van der Waals surface area contributed by atoms with Crippen molar-refractivity contribution in [1.29, 1.82) is 0 Å². The number of hydrogen-bond acceptors (Lipinski definition) is 5. The minimum Gasteiger partial charge on any atom is -0.346 e. The SMILES string of the molecule is CC(C=O)CC(=O)N(C)CCCC(=O)N1CCN(O)CC1. The second kappa shape index (κ2) is 8.74. The fraction of sp³-hybridized carbons (Fsp3) is 0.786. The lowest BCUT2D eigenvalue weighted by Crippen LogP contribution is -2.47. The van der Waals surface area contributed by atoms with Gasteiger partial charge in [-0.25, -0.2) is 0 Å². The second-order valence-corrected chi connectivity index (χ2v) is 5.57. The molecule has 2 amide bonds.